The first-order chi connectivity index (χ1) is 8.50. The number of aliphatic hydroxyl groups is 1. The molecule has 0 aliphatic heterocycles. The molecule has 0 aromatic carbocycles. The number of allylic oxidation sites excluding steroid dienone is 1. The van der Waals surface area contributed by atoms with Crippen molar-refractivity contribution in [2.24, 2.45) is 0 Å². The number of nitrogens with one attached hydrogen (secondary N) is 1. The average molecular weight is 273 g/mol. The molecule has 0 heterocycles. The number of hydrogen-bond acceptors (Lipinski definition) is 6. The van der Waals surface area contributed by atoms with Crippen LogP contribution in [0.1, 0.15) is 26.2 Å². The first kappa shape index (κ1) is 14.6. The van der Waals surface area contributed by atoms with Crippen LogP contribution in [0, 0.1) is 0 Å². The minimum absolute atomic E-state index is 0.0270. The van der Waals surface area contributed by atoms with Gasteiger partial charge in [-0.1, -0.05) is 0 Å². The summed E-state index contributed by atoms with van der Waals surface area (Å²) in [5.41, 5.74) is 2.39. The van der Waals surface area contributed by atoms with Gasteiger partial charge in [-0.2, -0.15) is 17.2 Å². The summed E-state index contributed by atoms with van der Waals surface area (Å²) in [5, 5.41) is 9.42. The Labute approximate surface area is 109 Å². The van der Waals surface area contributed by atoms with Crippen molar-refractivity contribution < 1.29 is 24.3 Å². The Bertz CT molecular complexity index is 391. The van der Waals surface area contributed by atoms with Gasteiger partial charge in [0.05, 0.1) is 6.42 Å². The van der Waals surface area contributed by atoms with E-state index in [1.807, 2.05) is 5.48 Å². The molecule has 7 heteroatoms. The number of hydrogen-bond donors (Lipinski definition) is 2. The molecule has 2 N–H and O–H groups in total. The zero-order valence-corrected chi connectivity index (χ0v) is 10.8. The molecule has 18 heavy (non-hydrogen) atoms. The van der Waals surface area contributed by atoms with Crippen LogP contribution in [0.25, 0.3) is 0 Å². The van der Waals surface area contributed by atoms with Crippen LogP contribution in [0.3, 0.4) is 0 Å². The zero-order valence-electron chi connectivity index (χ0n) is 10.0. The molecule has 0 aromatic heterocycles. The van der Waals surface area contributed by atoms with E-state index in [-0.39, 0.29) is 18.0 Å². The summed E-state index contributed by atoms with van der Waals surface area (Å²) < 4.78 is 0. The maximum Gasteiger partial charge on any atom is 0.333 e. The summed E-state index contributed by atoms with van der Waals surface area (Å²) in [7, 11) is 0. The molecule has 0 radical (unpaired) electrons. The number of hydroxylamine groups is 1. The highest BCUT2D eigenvalue weighted by molar-refractivity contribution is 7.99. The first-order valence-electron chi connectivity index (χ1n) is 5.49. The highest BCUT2D eigenvalue weighted by Gasteiger charge is 2.22. The Hall–Kier alpha value is -1.50. The van der Waals surface area contributed by atoms with E-state index in [1.165, 1.54) is 18.7 Å². The minimum atomic E-state index is -0.534. The number of rotatable bonds is 5. The summed E-state index contributed by atoms with van der Waals surface area (Å²) in [6.45, 7) is 1.24. The average Bonchev–Trinajstić information content (AvgIpc) is 2.63. The summed E-state index contributed by atoms with van der Waals surface area (Å²) in [6.07, 6.45) is 0.915. The van der Waals surface area contributed by atoms with Gasteiger partial charge in [0.25, 0.3) is 0 Å². The maximum absolute atomic E-state index is 11.3. The van der Waals surface area contributed by atoms with E-state index in [2.05, 4.69) is 4.84 Å². The van der Waals surface area contributed by atoms with E-state index >= 15 is 0 Å². The SMILES string of the molecule is CC(=O)NOC(=O)CCSCC1=C(O)CCC1=O. The van der Waals surface area contributed by atoms with E-state index in [9.17, 15) is 19.5 Å². The van der Waals surface area contributed by atoms with Crippen LogP contribution >= 0.6 is 11.8 Å². The molecule has 1 aliphatic rings. The van der Waals surface area contributed by atoms with Crippen LogP contribution in [0.5, 0.6) is 0 Å². The van der Waals surface area contributed by atoms with Crippen LogP contribution in [-0.4, -0.2) is 34.3 Å². The quantitative estimate of drug-likeness (QED) is 0.570. The molecule has 0 spiro atoms. The van der Waals surface area contributed by atoms with Gasteiger partial charge in [-0.05, 0) is 0 Å². The Kier molecular flexibility index (Phi) is 5.70. The first-order valence-corrected chi connectivity index (χ1v) is 6.64. The molecule has 0 bridgehead atoms. The van der Waals surface area contributed by atoms with Crippen LogP contribution in [0.4, 0.5) is 0 Å². The number of aliphatic hydroxyl groups excluding tert-OH is 1. The van der Waals surface area contributed by atoms with Gasteiger partial charge in [0.2, 0.25) is 5.91 Å². The molecule has 1 aliphatic carbocycles. The van der Waals surface area contributed by atoms with Gasteiger partial charge in [-0.15, -0.1) is 0 Å². The second-order valence-corrected chi connectivity index (χ2v) is 4.89. The number of thioether (sulfide) groups is 1. The Morgan fingerprint density at radius 2 is 2.17 bits per heavy atom. The molecular formula is C11H15NO5S. The zero-order chi connectivity index (χ0) is 13.5. The Morgan fingerprint density at radius 3 is 2.72 bits per heavy atom. The molecule has 0 saturated heterocycles. The monoisotopic (exact) mass is 273 g/mol. The summed E-state index contributed by atoms with van der Waals surface area (Å²) in [4.78, 5) is 37.3. The lowest BCUT2D eigenvalue weighted by Gasteiger charge is -2.04. The fraction of sp³-hybridized carbons (Fsp3) is 0.545. The second kappa shape index (κ2) is 7.05. The third-order valence-corrected chi connectivity index (χ3v) is 3.26. The van der Waals surface area contributed by atoms with Crippen LogP contribution in [0.15, 0.2) is 11.3 Å². The molecule has 0 atom stereocenters. The lowest BCUT2D eigenvalue weighted by Crippen LogP contribution is -2.24. The highest BCUT2D eigenvalue weighted by Crippen LogP contribution is 2.24. The van der Waals surface area contributed by atoms with Gasteiger partial charge in [0.15, 0.2) is 5.78 Å². The number of Topliss-reactive ketones (excluding diaryl/α,β-unsaturated/α-hetero) is 1. The molecule has 6 nitrogen and oxygen atoms in total. The minimum Gasteiger partial charge on any atom is -0.512 e. The van der Waals surface area contributed by atoms with E-state index in [4.69, 9.17) is 0 Å². The highest BCUT2D eigenvalue weighted by atomic mass is 32.2. The van der Waals surface area contributed by atoms with Gasteiger partial charge in [-0.3, -0.25) is 9.59 Å². The van der Waals surface area contributed by atoms with Crippen molar-refractivity contribution in [2.45, 2.75) is 26.2 Å². The summed E-state index contributed by atoms with van der Waals surface area (Å²) in [5.74, 6) is 0.0195. The van der Waals surface area contributed by atoms with E-state index in [0.29, 0.717) is 29.9 Å². The number of ketones is 1. The smallest absolute Gasteiger partial charge is 0.333 e. The molecule has 0 unspecified atom stereocenters. The predicted octanol–water partition coefficient (Wildman–Crippen LogP) is 0.879. The fourth-order valence-electron chi connectivity index (χ4n) is 1.37. The molecular weight excluding hydrogens is 258 g/mol. The molecule has 1 amide bonds. The van der Waals surface area contributed by atoms with Crippen molar-refractivity contribution in [3.05, 3.63) is 11.3 Å². The van der Waals surface area contributed by atoms with Crippen LogP contribution in [-0.2, 0) is 19.2 Å². The number of carbonyl (C=O) groups excluding carboxylic acids is 3. The Balaban J connectivity index is 2.15. The molecule has 100 valence electrons. The topological polar surface area (TPSA) is 92.7 Å². The molecule has 0 saturated carbocycles. The van der Waals surface area contributed by atoms with Gasteiger partial charge < -0.3 is 9.94 Å². The van der Waals surface area contributed by atoms with Crippen molar-refractivity contribution >= 4 is 29.4 Å². The van der Waals surface area contributed by atoms with Crippen molar-refractivity contribution in [3.63, 3.8) is 0 Å². The maximum atomic E-state index is 11.3. The van der Waals surface area contributed by atoms with E-state index in [0.717, 1.165) is 0 Å². The fourth-order valence-corrected chi connectivity index (χ4v) is 2.36. The van der Waals surface area contributed by atoms with Crippen molar-refractivity contribution in [3.8, 4) is 0 Å². The normalized spacial score (nSPS) is 14.8. The summed E-state index contributed by atoms with van der Waals surface area (Å²) >= 11 is 1.37. The van der Waals surface area contributed by atoms with E-state index < -0.39 is 11.9 Å². The van der Waals surface area contributed by atoms with Crippen molar-refractivity contribution in [2.75, 3.05) is 11.5 Å². The van der Waals surface area contributed by atoms with Crippen LogP contribution < -0.4 is 5.48 Å². The third kappa shape index (κ3) is 4.79. The largest absolute Gasteiger partial charge is 0.512 e. The second-order valence-electron chi connectivity index (χ2n) is 3.78. The van der Waals surface area contributed by atoms with E-state index in [1.54, 1.807) is 0 Å². The third-order valence-electron chi connectivity index (χ3n) is 2.28. The predicted molar refractivity (Wildman–Crippen MR) is 65.7 cm³/mol. The van der Waals surface area contributed by atoms with Crippen molar-refractivity contribution in [1.29, 1.82) is 0 Å². The van der Waals surface area contributed by atoms with Gasteiger partial charge in [-0.25, -0.2) is 4.79 Å². The lowest BCUT2D eigenvalue weighted by molar-refractivity contribution is -0.157. The summed E-state index contributed by atoms with van der Waals surface area (Å²) in [6, 6.07) is 0. The number of amides is 1. The Morgan fingerprint density at radius 1 is 1.44 bits per heavy atom. The standard InChI is InChI=1S/C11H15NO5S/c1-7(13)12-17-11(16)4-5-18-6-8-9(14)2-3-10(8)15/h14H,2-6H2,1H3,(H,12,13). The molecule has 1 rings (SSSR count). The number of carbonyl (C=O) groups is 3. The van der Waals surface area contributed by atoms with Gasteiger partial charge >= 0.3 is 5.97 Å². The molecule has 0 aromatic rings. The van der Waals surface area contributed by atoms with Crippen molar-refractivity contribution in [1.82, 2.24) is 5.48 Å². The lowest BCUT2D eigenvalue weighted by atomic mass is 10.2. The molecule has 0 fully saturated rings. The van der Waals surface area contributed by atoms with Gasteiger partial charge in [0.1, 0.15) is 5.76 Å². The van der Waals surface area contributed by atoms with Gasteiger partial charge in [0, 0.05) is 36.8 Å². The van der Waals surface area contributed by atoms with Crippen LogP contribution in [0.2, 0.25) is 0 Å².